The lowest BCUT2D eigenvalue weighted by molar-refractivity contribution is 0.177. The van der Waals surface area contributed by atoms with Crippen LogP contribution in [0, 0.1) is 0 Å². The number of piperidine rings is 1. The molecule has 2 heterocycles. The molecule has 0 N–H and O–H groups in total. The third kappa shape index (κ3) is 5.42. The summed E-state index contributed by atoms with van der Waals surface area (Å²) >= 11 is 0. The summed E-state index contributed by atoms with van der Waals surface area (Å²) < 4.78 is 2.22. The van der Waals surface area contributed by atoms with Gasteiger partial charge < -0.3 is 4.90 Å². The third-order valence-electron chi connectivity index (χ3n) is 5.05. The van der Waals surface area contributed by atoms with Gasteiger partial charge in [0.2, 0.25) is 0 Å². The molecule has 0 amide bonds. The molecule has 0 saturated carbocycles. The van der Waals surface area contributed by atoms with Gasteiger partial charge in [0.05, 0.1) is 12.2 Å². The van der Waals surface area contributed by atoms with E-state index in [1.165, 1.54) is 76.6 Å². The lowest BCUT2D eigenvalue weighted by atomic mass is 10.0. The molecule has 0 radical (unpaired) electrons. The molecule has 22 heavy (non-hydrogen) atoms. The molecule has 0 aromatic carbocycles. The second-order valence-corrected chi connectivity index (χ2v) is 7.25. The molecule has 1 saturated heterocycles. The molecule has 0 spiro atoms. The Morgan fingerprint density at radius 2 is 1.77 bits per heavy atom. The van der Waals surface area contributed by atoms with E-state index in [9.17, 15) is 0 Å². The monoisotopic (exact) mass is 305 g/mol. The summed E-state index contributed by atoms with van der Waals surface area (Å²) in [5.74, 6) is 0.585. The smallest absolute Gasteiger partial charge is 0.0543 e. The number of hydrogen-bond donors (Lipinski definition) is 0. The van der Waals surface area contributed by atoms with Crippen LogP contribution in [0.25, 0.3) is 0 Å². The van der Waals surface area contributed by atoms with Crippen LogP contribution in [-0.2, 0) is 0 Å². The zero-order valence-corrected chi connectivity index (χ0v) is 14.9. The average Bonchev–Trinajstić information content (AvgIpc) is 3.01. The van der Waals surface area contributed by atoms with Crippen LogP contribution < -0.4 is 0 Å². The predicted octanol–water partition coefficient (Wildman–Crippen LogP) is 5.00. The van der Waals surface area contributed by atoms with Crippen LogP contribution in [0.2, 0.25) is 0 Å². The molecule has 0 unspecified atom stereocenters. The van der Waals surface area contributed by atoms with E-state index in [1.54, 1.807) is 0 Å². The van der Waals surface area contributed by atoms with Crippen LogP contribution in [0.15, 0.2) is 12.4 Å². The van der Waals surface area contributed by atoms with Gasteiger partial charge in [0.1, 0.15) is 0 Å². The summed E-state index contributed by atoms with van der Waals surface area (Å²) in [4.78, 5) is 2.66. The Morgan fingerprint density at radius 1 is 1.09 bits per heavy atom. The molecule has 1 fully saturated rings. The van der Waals surface area contributed by atoms with Gasteiger partial charge in [-0.3, -0.25) is 4.68 Å². The Labute approximate surface area is 137 Å². The van der Waals surface area contributed by atoms with Crippen LogP contribution in [0.4, 0.5) is 0 Å². The highest BCUT2D eigenvalue weighted by Crippen LogP contribution is 2.24. The Balaban J connectivity index is 1.63. The van der Waals surface area contributed by atoms with E-state index in [-0.39, 0.29) is 0 Å². The Morgan fingerprint density at radius 3 is 2.41 bits per heavy atom. The molecule has 0 atom stereocenters. The standard InChI is InChI=1S/C19H35N3/c1-4-5-6-7-8-9-12-21-13-10-19(11-14-21)22-16-18(15-20-22)17(2)3/h15-17,19H,4-14H2,1-3H3. The van der Waals surface area contributed by atoms with Gasteiger partial charge in [0, 0.05) is 19.3 Å². The highest BCUT2D eigenvalue weighted by atomic mass is 15.3. The van der Waals surface area contributed by atoms with Gasteiger partial charge in [-0.15, -0.1) is 0 Å². The minimum absolute atomic E-state index is 0.585. The van der Waals surface area contributed by atoms with E-state index < -0.39 is 0 Å². The predicted molar refractivity (Wildman–Crippen MR) is 94.4 cm³/mol. The minimum atomic E-state index is 0.585. The highest BCUT2D eigenvalue weighted by molar-refractivity contribution is 5.09. The minimum Gasteiger partial charge on any atom is -0.303 e. The van der Waals surface area contributed by atoms with E-state index in [0.29, 0.717) is 12.0 Å². The maximum Gasteiger partial charge on any atom is 0.0543 e. The fourth-order valence-electron chi connectivity index (χ4n) is 3.37. The summed E-state index contributed by atoms with van der Waals surface area (Å²) in [7, 11) is 0. The largest absolute Gasteiger partial charge is 0.303 e. The van der Waals surface area contributed by atoms with Crippen LogP contribution in [0.3, 0.4) is 0 Å². The van der Waals surface area contributed by atoms with Crippen LogP contribution in [-0.4, -0.2) is 34.3 Å². The van der Waals surface area contributed by atoms with Crippen molar-refractivity contribution in [3.05, 3.63) is 18.0 Å². The fourth-order valence-corrected chi connectivity index (χ4v) is 3.37. The van der Waals surface area contributed by atoms with Crippen molar-refractivity contribution in [2.75, 3.05) is 19.6 Å². The van der Waals surface area contributed by atoms with Gasteiger partial charge >= 0.3 is 0 Å². The third-order valence-corrected chi connectivity index (χ3v) is 5.05. The van der Waals surface area contributed by atoms with Gasteiger partial charge in [-0.2, -0.15) is 5.10 Å². The Kier molecular flexibility index (Phi) is 7.44. The topological polar surface area (TPSA) is 21.1 Å². The molecule has 126 valence electrons. The first-order chi connectivity index (χ1) is 10.7. The second-order valence-electron chi connectivity index (χ2n) is 7.25. The van der Waals surface area contributed by atoms with Crippen molar-refractivity contribution in [2.45, 2.75) is 84.1 Å². The highest BCUT2D eigenvalue weighted by Gasteiger charge is 2.21. The van der Waals surface area contributed by atoms with Gasteiger partial charge in [-0.25, -0.2) is 0 Å². The lowest BCUT2D eigenvalue weighted by Gasteiger charge is -2.32. The lowest BCUT2D eigenvalue weighted by Crippen LogP contribution is -2.35. The summed E-state index contributed by atoms with van der Waals surface area (Å²) in [5, 5.41) is 4.59. The maximum absolute atomic E-state index is 4.59. The zero-order chi connectivity index (χ0) is 15.8. The van der Waals surface area contributed by atoms with Crippen molar-refractivity contribution in [2.24, 2.45) is 0 Å². The van der Waals surface area contributed by atoms with E-state index in [2.05, 4.69) is 41.6 Å². The molecule has 1 aromatic heterocycles. The molecule has 1 aliphatic rings. The second kappa shape index (κ2) is 9.34. The summed E-state index contributed by atoms with van der Waals surface area (Å²) in [6, 6.07) is 0.619. The average molecular weight is 306 g/mol. The summed E-state index contributed by atoms with van der Waals surface area (Å²) in [6.07, 6.45) is 15.2. The first kappa shape index (κ1) is 17.5. The summed E-state index contributed by atoms with van der Waals surface area (Å²) in [5.41, 5.74) is 1.37. The summed E-state index contributed by atoms with van der Waals surface area (Å²) in [6.45, 7) is 10.6. The number of hydrogen-bond acceptors (Lipinski definition) is 2. The van der Waals surface area contributed by atoms with Crippen LogP contribution >= 0.6 is 0 Å². The fraction of sp³-hybridized carbons (Fsp3) is 0.842. The number of nitrogens with zero attached hydrogens (tertiary/aromatic N) is 3. The molecular weight excluding hydrogens is 270 g/mol. The van der Waals surface area contributed by atoms with Gasteiger partial charge in [0.25, 0.3) is 0 Å². The van der Waals surface area contributed by atoms with Gasteiger partial charge in [0.15, 0.2) is 0 Å². The molecule has 3 heteroatoms. The maximum atomic E-state index is 4.59. The van der Waals surface area contributed by atoms with E-state index in [4.69, 9.17) is 0 Å². The normalized spacial score (nSPS) is 17.5. The number of rotatable bonds is 9. The molecule has 1 aliphatic heterocycles. The van der Waals surface area contributed by atoms with Crippen molar-refractivity contribution in [3.63, 3.8) is 0 Å². The van der Waals surface area contributed by atoms with Gasteiger partial charge in [-0.05, 0) is 37.3 Å². The molecular formula is C19H35N3. The first-order valence-electron chi connectivity index (χ1n) is 9.47. The number of aromatic nitrogens is 2. The van der Waals surface area contributed by atoms with Crippen molar-refractivity contribution in [1.29, 1.82) is 0 Å². The van der Waals surface area contributed by atoms with E-state index in [1.807, 2.05) is 6.20 Å². The Hall–Kier alpha value is -0.830. The Bertz CT molecular complexity index is 403. The first-order valence-corrected chi connectivity index (χ1v) is 9.47. The van der Waals surface area contributed by atoms with Crippen LogP contribution in [0.1, 0.15) is 89.7 Å². The molecule has 2 rings (SSSR count). The molecule has 0 aliphatic carbocycles. The number of likely N-dealkylation sites (tertiary alicyclic amines) is 1. The number of unbranched alkanes of at least 4 members (excludes halogenated alkanes) is 5. The zero-order valence-electron chi connectivity index (χ0n) is 14.9. The SMILES string of the molecule is CCCCCCCCN1CCC(n2cc(C(C)C)cn2)CC1. The van der Waals surface area contributed by atoms with E-state index in [0.717, 1.165) is 0 Å². The van der Waals surface area contributed by atoms with Crippen molar-refractivity contribution >= 4 is 0 Å². The van der Waals surface area contributed by atoms with Crippen molar-refractivity contribution in [1.82, 2.24) is 14.7 Å². The van der Waals surface area contributed by atoms with E-state index >= 15 is 0 Å². The van der Waals surface area contributed by atoms with Crippen molar-refractivity contribution in [3.8, 4) is 0 Å². The van der Waals surface area contributed by atoms with Crippen LogP contribution in [0.5, 0.6) is 0 Å². The quantitative estimate of drug-likeness (QED) is 0.598. The molecule has 3 nitrogen and oxygen atoms in total. The van der Waals surface area contributed by atoms with Gasteiger partial charge in [-0.1, -0.05) is 52.9 Å². The molecule has 0 bridgehead atoms. The van der Waals surface area contributed by atoms with Crippen molar-refractivity contribution < 1.29 is 0 Å². The molecule has 1 aromatic rings.